The Hall–Kier alpha value is -0.330. The van der Waals surface area contributed by atoms with Gasteiger partial charge in [-0.3, -0.25) is 9.59 Å². The predicted molar refractivity (Wildman–Crippen MR) is 58.1 cm³/mol. The molecule has 80 valence electrons. The Balaban J connectivity index is 2.29. The lowest BCUT2D eigenvalue weighted by atomic mass is 9.99. The maximum Gasteiger partial charge on any atom is 0.306 e. The number of carbonyl (C=O) groups is 2. The zero-order chi connectivity index (χ0) is 10.6. The molecule has 1 saturated heterocycles. The maximum absolute atomic E-state index is 11.0. The SMILES string of the molecule is CC(=O)OCC[C@@H]1CC(=O)O[C@@H]1CI. The van der Waals surface area contributed by atoms with Gasteiger partial charge in [0, 0.05) is 17.3 Å². The Morgan fingerprint density at radius 2 is 2.43 bits per heavy atom. The molecule has 0 unspecified atom stereocenters. The van der Waals surface area contributed by atoms with E-state index in [1.54, 1.807) is 0 Å². The van der Waals surface area contributed by atoms with Gasteiger partial charge in [0.05, 0.1) is 13.0 Å². The second kappa shape index (κ2) is 5.53. The summed E-state index contributed by atoms with van der Waals surface area (Å²) in [6.07, 6.45) is 1.16. The molecule has 1 heterocycles. The highest BCUT2D eigenvalue weighted by atomic mass is 127. The molecule has 4 nitrogen and oxygen atoms in total. The molecule has 5 heteroatoms. The number of alkyl halides is 1. The summed E-state index contributed by atoms with van der Waals surface area (Å²) in [5.41, 5.74) is 0. The number of cyclic esters (lactones) is 1. The van der Waals surface area contributed by atoms with Gasteiger partial charge in [-0.1, -0.05) is 22.6 Å². The average Bonchev–Trinajstić information content (AvgIpc) is 2.45. The van der Waals surface area contributed by atoms with E-state index < -0.39 is 0 Å². The smallest absolute Gasteiger partial charge is 0.306 e. The molecule has 1 rings (SSSR count). The van der Waals surface area contributed by atoms with Crippen LogP contribution in [0.25, 0.3) is 0 Å². The first-order valence-electron chi connectivity index (χ1n) is 4.52. The number of rotatable bonds is 4. The summed E-state index contributed by atoms with van der Waals surface area (Å²) in [4.78, 5) is 21.5. The Morgan fingerprint density at radius 1 is 1.71 bits per heavy atom. The molecule has 0 aliphatic carbocycles. The van der Waals surface area contributed by atoms with Gasteiger partial charge in [0.25, 0.3) is 0 Å². The summed E-state index contributed by atoms with van der Waals surface area (Å²) in [6, 6.07) is 0. The fourth-order valence-corrected chi connectivity index (χ4v) is 2.36. The number of ether oxygens (including phenoxy) is 2. The molecule has 0 spiro atoms. The van der Waals surface area contributed by atoms with E-state index in [9.17, 15) is 9.59 Å². The minimum Gasteiger partial charge on any atom is -0.466 e. The van der Waals surface area contributed by atoms with Gasteiger partial charge < -0.3 is 9.47 Å². The molecule has 1 fully saturated rings. The molecule has 0 bridgehead atoms. The van der Waals surface area contributed by atoms with Gasteiger partial charge in [0.1, 0.15) is 6.10 Å². The van der Waals surface area contributed by atoms with Crippen molar-refractivity contribution in [3.05, 3.63) is 0 Å². The molecule has 0 saturated carbocycles. The summed E-state index contributed by atoms with van der Waals surface area (Å²) in [5.74, 6) is -0.209. The van der Waals surface area contributed by atoms with Gasteiger partial charge in [0.2, 0.25) is 0 Å². The zero-order valence-electron chi connectivity index (χ0n) is 7.99. The van der Waals surface area contributed by atoms with Crippen LogP contribution in [0.15, 0.2) is 0 Å². The molecule has 0 N–H and O–H groups in total. The molecule has 14 heavy (non-hydrogen) atoms. The van der Waals surface area contributed by atoms with E-state index in [1.807, 2.05) is 0 Å². The third-order valence-corrected chi connectivity index (χ3v) is 3.05. The Morgan fingerprint density at radius 3 is 3.00 bits per heavy atom. The van der Waals surface area contributed by atoms with E-state index in [4.69, 9.17) is 9.47 Å². The van der Waals surface area contributed by atoms with Crippen molar-refractivity contribution in [2.75, 3.05) is 11.0 Å². The summed E-state index contributed by atoms with van der Waals surface area (Å²) >= 11 is 2.19. The Bertz CT molecular complexity index is 229. The van der Waals surface area contributed by atoms with Crippen molar-refractivity contribution < 1.29 is 19.1 Å². The monoisotopic (exact) mass is 312 g/mol. The van der Waals surface area contributed by atoms with Crippen molar-refractivity contribution >= 4 is 34.5 Å². The lowest BCUT2D eigenvalue weighted by Crippen LogP contribution is -2.19. The first-order valence-corrected chi connectivity index (χ1v) is 6.05. The van der Waals surface area contributed by atoms with Gasteiger partial charge >= 0.3 is 11.9 Å². The molecule has 0 aromatic heterocycles. The van der Waals surface area contributed by atoms with Crippen LogP contribution in [0.3, 0.4) is 0 Å². The second-order valence-corrected chi connectivity index (χ2v) is 4.16. The van der Waals surface area contributed by atoms with Crippen molar-refractivity contribution in [3.8, 4) is 0 Å². The van der Waals surface area contributed by atoms with E-state index in [0.29, 0.717) is 19.4 Å². The van der Waals surface area contributed by atoms with Crippen molar-refractivity contribution in [1.29, 1.82) is 0 Å². The van der Waals surface area contributed by atoms with Gasteiger partial charge in [-0.15, -0.1) is 0 Å². The molecular weight excluding hydrogens is 299 g/mol. The first kappa shape index (κ1) is 11.7. The zero-order valence-corrected chi connectivity index (χ0v) is 10.2. The fourth-order valence-electron chi connectivity index (χ4n) is 1.46. The number of hydrogen-bond donors (Lipinski definition) is 0. The van der Waals surface area contributed by atoms with Gasteiger partial charge in [-0.05, 0) is 6.42 Å². The van der Waals surface area contributed by atoms with E-state index >= 15 is 0 Å². The molecule has 2 atom stereocenters. The lowest BCUT2D eigenvalue weighted by molar-refractivity contribution is -0.142. The largest absolute Gasteiger partial charge is 0.466 e. The standard InChI is InChI=1S/C9H13IO4/c1-6(11)13-3-2-7-4-9(12)14-8(7)5-10/h7-8H,2-5H2,1H3/t7-,8-/m1/s1. The highest BCUT2D eigenvalue weighted by Crippen LogP contribution is 2.26. The van der Waals surface area contributed by atoms with Crippen molar-refractivity contribution in [3.63, 3.8) is 0 Å². The van der Waals surface area contributed by atoms with Crippen LogP contribution in [-0.2, 0) is 19.1 Å². The third-order valence-electron chi connectivity index (χ3n) is 2.18. The van der Waals surface area contributed by atoms with Crippen molar-refractivity contribution in [2.24, 2.45) is 5.92 Å². The van der Waals surface area contributed by atoms with Crippen LogP contribution >= 0.6 is 22.6 Å². The van der Waals surface area contributed by atoms with E-state index in [1.165, 1.54) is 6.92 Å². The molecule has 0 aromatic carbocycles. The van der Waals surface area contributed by atoms with E-state index in [0.717, 1.165) is 4.43 Å². The Labute approximate surface area is 96.5 Å². The van der Waals surface area contributed by atoms with Crippen molar-refractivity contribution in [2.45, 2.75) is 25.9 Å². The van der Waals surface area contributed by atoms with E-state index in [-0.39, 0.29) is 24.0 Å². The molecular formula is C9H13IO4. The van der Waals surface area contributed by atoms with Crippen molar-refractivity contribution in [1.82, 2.24) is 0 Å². The Kier molecular flexibility index (Phi) is 4.64. The predicted octanol–water partition coefficient (Wildman–Crippen LogP) is 1.31. The maximum atomic E-state index is 11.0. The van der Waals surface area contributed by atoms with Gasteiger partial charge in [-0.25, -0.2) is 0 Å². The first-order chi connectivity index (χ1) is 6.63. The van der Waals surface area contributed by atoms with Crippen LogP contribution in [0.5, 0.6) is 0 Å². The van der Waals surface area contributed by atoms with Crippen LogP contribution in [0, 0.1) is 5.92 Å². The van der Waals surface area contributed by atoms with Gasteiger partial charge in [-0.2, -0.15) is 0 Å². The van der Waals surface area contributed by atoms with Crippen LogP contribution in [0.2, 0.25) is 0 Å². The van der Waals surface area contributed by atoms with Crippen LogP contribution in [0.4, 0.5) is 0 Å². The number of esters is 2. The molecule has 1 aliphatic rings. The average molecular weight is 312 g/mol. The summed E-state index contributed by atoms with van der Waals surface area (Å²) < 4.78 is 10.7. The van der Waals surface area contributed by atoms with Crippen LogP contribution < -0.4 is 0 Å². The highest BCUT2D eigenvalue weighted by molar-refractivity contribution is 14.1. The van der Waals surface area contributed by atoms with Crippen LogP contribution in [-0.4, -0.2) is 29.1 Å². The minimum absolute atomic E-state index is 0.00124. The second-order valence-electron chi connectivity index (χ2n) is 3.28. The van der Waals surface area contributed by atoms with E-state index in [2.05, 4.69) is 22.6 Å². The topological polar surface area (TPSA) is 52.6 Å². The fraction of sp³-hybridized carbons (Fsp3) is 0.778. The highest BCUT2D eigenvalue weighted by Gasteiger charge is 2.33. The number of halogens is 1. The number of carbonyl (C=O) groups excluding carboxylic acids is 2. The molecule has 1 aliphatic heterocycles. The molecule has 0 amide bonds. The van der Waals surface area contributed by atoms with Gasteiger partial charge in [0.15, 0.2) is 0 Å². The lowest BCUT2D eigenvalue weighted by Gasteiger charge is -2.14. The van der Waals surface area contributed by atoms with Crippen LogP contribution in [0.1, 0.15) is 19.8 Å². The number of hydrogen-bond acceptors (Lipinski definition) is 4. The quantitative estimate of drug-likeness (QED) is 0.446. The minimum atomic E-state index is -0.277. The molecule has 0 radical (unpaired) electrons. The normalized spacial score (nSPS) is 26.0. The third kappa shape index (κ3) is 3.43. The summed E-state index contributed by atoms with van der Waals surface area (Å²) in [6.45, 7) is 1.76. The summed E-state index contributed by atoms with van der Waals surface area (Å²) in [5, 5.41) is 0. The molecule has 0 aromatic rings. The summed E-state index contributed by atoms with van der Waals surface area (Å²) in [7, 11) is 0.